The van der Waals surface area contributed by atoms with Gasteiger partial charge >= 0.3 is 0 Å². The number of fused-ring (bicyclic) bond motifs is 1. The van der Waals surface area contributed by atoms with Crippen molar-refractivity contribution in [3.63, 3.8) is 0 Å². The second-order valence-electron chi connectivity index (χ2n) is 10.5. The van der Waals surface area contributed by atoms with E-state index in [9.17, 15) is 0 Å². The summed E-state index contributed by atoms with van der Waals surface area (Å²) in [6.45, 7) is 1.64. The zero-order valence-corrected chi connectivity index (χ0v) is 24.6. The average molecular weight is 573 g/mol. The van der Waals surface area contributed by atoms with Crippen LogP contribution >= 0.6 is 11.6 Å². The fourth-order valence-corrected chi connectivity index (χ4v) is 5.74. The molecule has 1 fully saturated rings. The highest BCUT2D eigenvalue weighted by atomic mass is 35.5. The zero-order valence-electron chi connectivity index (χ0n) is 23.8. The Balaban J connectivity index is 1.37. The quantitative estimate of drug-likeness (QED) is 0.206. The van der Waals surface area contributed by atoms with Gasteiger partial charge < -0.3 is 25.3 Å². The lowest BCUT2D eigenvalue weighted by molar-refractivity contribution is 0.281. The molecular formula is C33H37ClN4O3. The molecule has 1 aliphatic rings. The molecule has 3 N–H and O–H groups in total. The van der Waals surface area contributed by atoms with Gasteiger partial charge in [-0.1, -0.05) is 48.4 Å². The van der Waals surface area contributed by atoms with Crippen LogP contribution in [0.3, 0.4) is 0 Å². The van der Waals surface area contributed by atoms with Crippen molar-refractivity contribution < 1.29 is 14.2 Å². The van der Waals surface area contributed by atoms with E-state index < -0.39 is 0 Å². The van der Waals surface area contributed by atoms with E-state index in [1.54, 1.807) is 21.3 Å². The standard InChI is InChI=1S/C33H37ClN4O3/c1-39-29-16-25(17-30(40-2)32(29)41-3)24-10-7-21(8-11-24)9-14-31-37-28-18-26(34)12-13-27(28)33(38-31)36-20-23-6-4-5-22(15-23)19-35/h7-14,16-18,22-23H,4-6,15,19-20,35H2,1-3H3,(H,36,37,38). The molecule has 0 aliphatic heterocycles. The van der Waals surface area contributed by atoms with Gasteiger partial charge in [0.2, 0.25) is 5.75 Å². The summed E-state index contributed by atoms with van der Waals surface area (Å²) in [5, 5.41) is 5.23. The summed E-state index contributed by atoms with van der Waals surface area (Å²) in [7, 11) is 4.83. The van der Waals surface area contributed by atoms with Gasteiger partial charge in [0.15, 0.2) is 17.3 Å². The first kappa shape index (κ1) is 28.7. The van der Waals surface area contributed by atoms with Crippen molar-refractivity contribution in [1.82, 2.24) is 9.97 Å². The van der Waals surface area contributed by atoms with Gasteiger partial charge in [-0.05, 0) is 90.7 Å². The second kappa shape index (κ2) is 13.2. The smallest absolute Gasteiger partial charge is 0.203 e. The minimum atomic E-state index is 0.572. The lowest BCUT2D eigenvalue weighted by Crippen LogP contribution is -2.26. The molecule has 214 valence electrons. The molecule has 1 saturated carbocycles. The molecular weight excluding hydrogens is 536 g/mol. The number of halogens is 1. The SMILES string of the molecule is COc1cc(-c2ccc(C=Cc3nc(NCC4CCCC(CN)C4)c4ccc(Cl)cc4n3)cc2)cc(OC)c1OC. The predicted molar refractivity (Wildman–Crippen MR) is 168 cm³/mol. The molecule has 0 spiro atoms. The Morgan fingerprint density at radius 2 is 1.61 bits per heavy atom. The minimum Gasteiger partial charge on any atom is -0.493 e. The molecule has 0 bridgehead atoms. The van der Waals surface area contributed by atoms with Gasteiger partial charge in [-0.15, -0.1) is 0 Å². The van der Waals surface area contributed by atoms with E-state index in [-0.39, 0.29) is 0 Å². The number of anilines is 1. The van der Waals surface area contributed by atoms with Crippen LogP contribution in [-0.2, 0) is 0 Å². The van der Waals surface area contributed by atoms with Crippen LogP contribution in [0.5, 0.6) is 17.2 Å². The first-order chi connectivity index (χ1) is 20.0. The van der Waals surface area contributed by atoms with Crippen LogP contribution in [0.4, 0.5) is 5.82 Å². The second-order valence-corrected chi connectivity index (χ2v) is 10.9. The molecule has 7 nitrogen and oxygen atoms in total. The van der Waals surface area contributed by atoms with Gasteiger partial charge in [0.1, 0.15) is 5.82 Å². The highest BCUT2D eigenvalue weighted by Crippen LogP contribution is 2.41. The monoisotopic (exact) mass is 572 g/mol. The summed E-state index contributed by atoms with van der Waals surface area (Å²) in [5.74, 6) is 4.48. The van der Waals surface area contributed by atoms with Gasteiger partial charge in [0.25, 0.3) is 0 Å². The summed E-state index contributed by atoms with van der Waals surface area (Å²) in [6, 6.07) is 17.9. The lowest BCUT2D eigenvalue weighted by atomic mass is 9.81. The van der Waals surface area contributed by atoms with Crippen molar-refractivity contribution in [3.8, 4) is 28.4 Å². The van der Waals surface area contributed by atoms with Crippen LogP contribution in [-0.4, -0.2) is 44.4 Å². The summed E-state index contributed by atoms with van der Waals surface area (Å²) in [5.41, 5.74) is 9.80. The van der Waals surface area contributed by atoms with Crippen LogP contribution in [0.1, 0.15) is 37.1 Å². The fourth-order valence-electron chi connectivity index (χ4n) is 5.58. The topological polar surface area (TPSA) is 91.5 Å². The third-order valence-electron chi connectivity index (χ3n) is 7.79. The molecule has 8 heteroatoms. The van der Waals surface area contributed by atoms with Gasteiger partial charge in [-0.2, -0.15) is 0 Å². The molecule has 0 saturated heterocycles. The van der Waals surface area contributed by atoms with Crippen molar-refractivity contribution in [2.75, 3.05) is 39.7 Å². The van der Waals surface area contributed by atoms with E-state index in [1.165, 1.54) is 19.3 Å². The van der Waals surface area contributed by atoms with E-state index in [0.29, 0.717) is 39.9 Å². The molecule has 41 heavy (non-hydrogen) atoms. The first-order valence-corrected chi connectivity index (χ1v) is 14.4. The number of aromatic nitrogens is 2. The zero-order chi connectivity index (χ0) is 28.8. The summed E-state index contributed by atoms with van der Waals surface area (Å²) >= 11 is 6.31. The molecule has 0 radical (unpaired) electrons. The van der Waals surface area contributed by atoms with Crippen molar-refractivity contribution in [1.29, 1.82) is 0 Å². The number of nitrogens with two attached hydrogens (primary N) is 1. The van der Waals surface area contributed by atoms with Crippen LogP contribution < -0.4 is 25.3 Å². The average Bonchev–Trinajstić information content (AvgIpc) is 3.01. The van der Waals surface area contributed by atoms with E-state index in [1.807, 2.05) is 42.5 Å². The van der Waals surface area contributed by atoms with E-state index in [2.05, 4.69) is 29.6 Å². The molecule has 1 aliphatic carbocycles. The van der Waals surface area contributed by atoms with E-state index >= 15 is 0 Å². The molecule has 2 atom stereocenters. The molecule has 5 rings (SSSR count). The third-order valence-corrected chi connectivity index (χ3v) is 8.03. The normalized spacial score (nSPS) is 17.1. The number of ether oxygens (including phenoxy) is 3. The predicted octanol–water partition coefficient (Wildman–Crippen LogP) is 7.32. The van der Waals surface area contributed by atoms with Crippen LogP contribution in [0, 0.1) is 11.8 Å². The molecule has 0 amide bonds. The maximum absolute atomic E-state index is 6.31. The van der Waals surface area contributed by atoms with Gasteiger partial charge in [0.05, 0.1) is 26.8 Å². The summed E-state index contributed by atoms with van der Waals surface area (Å²) in [6.07, 6.45) is 8.81. The summed E-state index contributed by atoms with van der Waals surface area (Å²) in [4.78, 5) is 9.65. The highest BCUT2D eigenvalue weighted by molar-refractivity contribution is 6.31. The first-order valence-electron chi connectivity index (χ1n) is 14.0. The number of nitrogens with one attached hydrogen (secondary N) is 1. The van der Waals surface area contributed by atoms with Gasteiger partial charge in [0, 0.05) is 17.0 Å². The minimum absolute atomic E-state index is 0.572. The summed E-state index contributed by atoms with van der Waals surface area (Å²) < 4.78 is 16.5. The van der Waals surface area contributed by atoms with Crippen molar-refractivity contribution in [2.45, 2.75) is 25.7 Å². The Kier molecular flexibility index (Phi) is 9.27. The van der Waals surface area contributed by atoms with Crippen molar-refractivity contribution in [2.24, 2.45) is 17.6 Å². The van der Waals surface area contributed by atoms with Crippen molar-refractivity contribution in [3.05, 3.63) is 71.0 Å². The Morgan fingerprint density at radius 3 is 2.29 bits per heavy atom. The van der Waals surface area contributed by atoms with Crippen molar-refractivity contribution >= 4 is 40.5 Å². The fraction of sp³-hybridized carbons (Fsp3) is 0.333. The Morgan fingerprint density at radius 1 is 0.878 bits per heavy atom. The number of nitrogens with zero attached hydrogens (tertiary/aromatic N) is 2. The highest BCUT2D eigenvalue weighted by Gasteiger charge is 2.21. The van der Waals surface area contributed by atoms with E-state index in [4.69, 9.17) is 41.5 Å². The maximum Gasteiger partial charge on any atom is 0.203 e. The molecule has 2 unspecified atom stereocenters. The Labute approximate surface area is 246 Å². The number of methoxy groups -OCH3 is 3. The number of hydrogen-bond donors (Lipinski definition) is 2. The maximum atomic E-state index is 6.31. The Hall–Kier alpha value is -3.81. The third kappa shape index (κ3) is 6.75. The number of rotatable bonds is 10. The molecule has 4 aromatic rings. The Bertz CT molecular complexity index is 1500. The van der Waals surface area contributed by atoms with Crippen LogP contribution in [0.25, 0.3) is 34.2 Å². The van der Waals surface area contributed by atoms with Gasteiger partial charge in [-0.3, -0.25) is 0 Å². The van der Waals surface area contributed by atoms with E-state index in [0.717, 1.165) is 52.9 Å². The van der Waals surface area contributed by atoms with Crippen LogP contribution in [0.15, 0.2) is 54.6 Å². The van der Waals surface area contributed by atoms with Crippen LogP contribution in [0.2, 0.25) is 5.02 Å². The number of hydrogen-bond acceptors (Lipinski definition) is 7. The molecule has 1 heterocycles. The van der Waals surface area contributed by atoms with Gasteiger partial charge in [-0.25, -0.2) is 9.97 Å². The molecule has 3 aromatic carbocycles. The number of benzene rings is 3. The largest absolute Gasteiger partial charge is 0.493 e. The molecule has 1 aromatic heterocycles. The lowest BCUT2D eigenvalue weighted by Gasteiger charge is -2.28.